The molecular weight excluding hydrogens is 192 g/mol. The third-order valence-electron chi connectivity index (χ3n) is 1.20. The average molecular weight is 204 g/mol. The van der Waals surface area contributed by atoms with E-state index in [1.807, 2.05) is 0 Å². The van der Waals surface area contributed by atoms with Gasteiger partial charge in [-0.2, -0.15) is 0 Å². The highest BCUT2D eigenvalue weighted by atomic mass is 32.2. The van der Waals surface area contributed by atoms with E-state index in [2.05, 4.69) is 17.9 Å². The normalized spacial score (nSPS) is 10.5. The molecule has 0 aromatic rings. The monoisotopic (exact) mass is 204 g/mol. The van der Waals surface area contributed by atoms with Crippen LogP contribution in [0.15, 0.2) is 24.1 Å². The summed E-state index contributed by atoms with van der Waals surface area (Å²) >= 11 is 0. The Kier molecular flexibility index (Phi) is 4.40. The Bertz CT molecular complexity index is 313. The molecule has 0 spiro atoms. The Labute approximate surface area is 77.8 Å². The summed E-state index contributed by atoms with van der Waals surface area (Å²) in [5.41, 5.74) is 0.246. The second kappa shape index (κ2) is 4.81. The number of carbonyl (C=O) groups is 1. The van der Waals surface area contributed by atoms with Crippen molar-refractivity contribution in [1.82, 2.24) is 0 Å². The second-order valence-electron chi connectivity index (χ2n) is 2.45. The maximum Gasteiger partial charge on any atom is 0.333 e. The van der Waals surface area contributed by atoms with Gasteiger partial charge in [-0.1, -0.05) is 13.2 Å². The topological polar surface area (TPSA) is 60.4 Å². The first-order chi connectivity index (χ1) is 5.89. The van der Waals surface area contributed by atoms with Crippen molar-refractivity contribution in [2.24, 2.45) is 0 Å². The third kappa shape index (κ3) is 5.19. The zero-order valence-electron chi connectivity index (χ0n) is 7.45. The van der Waals surface area contributed by atoms with Crippen LogP contribution >= 0.6 is 0 Å². The highest BCUT2D eigenvalue weighted by Crippen LogP contribution is 1.95. The van der Waals surface area contributed by atoms with Crippen molar-refractivity contribution in [3.63, 3.8) is 0 Å². The van der Waals surface area contributed by atoms with Crippen LogP contribution in [-0.4, -0.2) is 26.7 Å². The molecule has 4 nitrogen and oxygen atoms in total. The lowest BCUT2D eigenvalue weighted by molar-refractivity contribution is -0.138. The van der Waals surface area contributed by atoms with Gasteiger partial charge in [-0.15, -0.1) is 0 Å². The maximum atomic E-state index is 10.8. The van der Waals surface area contributed by atoms with Crippen molar-refractivity contribution >= 4 is 15.8 Å². The standard InChI is InChI=1S/C8H12O4S/c1-4-13(10,11)6-5-12-8(9)7(2)3/h4H,1-2,5-6H2,3H3. The number of esters is 1. The first-order valence-electron chi connectivity index (χ1n) is 3.57. The molecule has 0 aromatic carbocycles. The molecule has 0 aromatic heterocycles. The van der Waals surface area contributed by atoms with Gasteiger partial charge in [0.1, 0.15) is 6.61 Å². The molecule has 0 saturated heterocycles. The largest absolute Gasteiger partial charge is 0.461 e. The molecule has 5 heteroatoms. The maximum absolute atomic E-state index is 10.8. The van der Waals surface area contributed by atoms with Crippen LogP contribution in [0, 0.1) is 0 Å². The minimum absolute atomic E-state index is 0.167. The molecule has 0 radical (unpaired) electrons. The Morgan fingerprint density at radius 3 is 2.46 bits per heavy atom. The summed E-state index contributed by atoms with van der Waals surface area (Å²) < 4.78 is 26.2. The van der Waals surface area contributed by atoms with E-state index in [9.17, 15) is 13.2 Å². The van der Waals surface area contributed by atoms with E-state index in [4.69, 9.17) is 0 Å². The first kappa shape index (κ1) is 11.9. The lowest BCUT2D eigenvalue weighted by Crippen LogP contribution is -2.13. The van der Waals surface area contributed by atoms with Gasteiger partial charge < -0.3 is 4.74 Å². The van der Waals surface area contributed by atoms with Gasteiger partial charge in [0.05, 0.1) is 5.75 Å². The number of carbonyl (C=O) groups excluding carboxylic acids is 1. The zero-order valence-corrected chi connectivity index (χ0v) is 8.26. The summed E-state index contributed by atoms with van der Waals surface area (Å²) in [7, 11) is -3.28. The van der Waals surface area contributed by atoms with Gasteiger partial charge in [0, 0.05) is 11.0 Å². The molecule has 0 unspecified atom stereocenters. The van der Waals surface area contributed by atoms with Crippen LogP contribution in [0.25, 0.3) is 0 Å². The molecule has 0 saturated carbocycles. The second-order valence-corrected chi connectivity index (χ2v) is 4.52. The highest BCUT2D eigenvalue weighted by Gasteiger charge is 2.07. The van der Waals surface area contributed by atoms with Gasteiger partial charge in [-0.3, -0.25) is 0 Å². The van der Waals surface area contributed by atoms with Crippen molar-refractivity contribution in [2.45, 2.75) is 6.92 Å². The van der Waals surface area contributed by atoms with Crippen LogP contribution in [0.4, 0.5) is 0 Å². The molecule has 0 aliphatic heterocycles. The van der Waals surface area contributed by atoms with E-state index in [-0.39, 0.29) is 17.9 Å². The third-order valence-corrected chi connectivity index (χ3v) is 2.45. The smallest absolute Gasteiger partial charge is 0.333 e. The van der Waals surface area contributed by atoms with Crippen molar-refractivity contribution in [2.75, 3.05) is 12.4 Å². The average Bonchev–Trinajstić information content (AvgIpc) is 2.04. The van der Waals surface area contributed by atoms with E-state index in [0.717, 1.165) is 5.41 Å². The summed E-state index contributed by atoms with van der Waals surface area (Å²) in [4.78, 5) is 10.8. The van der Waals surface area contributed by atoms with Crippen LogP contribution in [0.1, 0.15) is 6.92 Å². The fourth-order valence-corrected chi connectivity index (χ4v) is 0.939. The molecule has 0 fully saturated rings. The van der Waals surface area contributed by atoms with Gasteiger partial charge in [-0.05, 0) is 6.92 Å². The first-order valence-corrected chi connectivity index (χ1v) is 5.28. The molecule has 0 atom stereocenters. The van der Waals surface area contributed by atoms with E-state index in [0.29, 0.717) is 0 Å². The summed E-state index contributed by atoms with van der Waals surface area (Å²) in [6, 6.07) is 0. The Balaban J connectivity index is 3.89. The molecule has 0 N–H and O–H groups in total. The van der Waals surface area contributed by atoms with Crippen LogP contribution < -0.4 is 0 Å². The SMILES string of the molecule is C=CS(=O)(=O)CCOC(=O)C(=C)C. The summed E-state index contributed by atoms with van der Waals surface area (Å²) in [6.45, 7) is 7.79. The van der Waals surface area contributed by atoms with Crippen molar-refractivity contribution < 1.29 is 17.9 Å². The molecule has 13 heavy (non-hydrogen) atoms. The number of hydrogen-bond donors (Lipinski definition) is 0. The number of sulfone groups is 1. The quantitative estimate of drug-likeness (QED) is 0.487. The van der Waals surface area contributed by atoms with Crippen LogP contribution in [0.2, 0.25) is 0 Å². The van der Waals surface area contributed by atoms with Gasteiger partial charge in [0.25, 0.3) is 0 Å². The van der Waals surface area contributed by atoms with E-state index >= 15 is 0 Å². The van der Waals surface area contributed by atoms with Gasteiger partial charge in [0.2, 0.25) is 0 Å². The molecule has 0 amide bonds. The summed E-state index contributed by atoms with van der Waals surface area (Å²) in [5.74, 6) is -0.825. The van der Waals surface area contributed by atoms with Gasteiger partial charge >= 0.3 is 5.97 Å². The molecule has 74 valence electrons. The van der Waals surface area contributed by atoms with Crippen LogP contribution in [0.3, 0.4) is 0 Å². The predicted molar refractivity (Wildman–Crippen MR) is 49.8 cm³/mol. The van der Waals surface area contributed by atoms with E-state index in [1.54, 1.807) is 0 Å². The van der Waals surface area contributed by atoms with E-state index in [1.165, 1.54) is 6.92 Å². The van der Waals surface area contributed by atoms with Gasteiger partial charge in [-0.25, -0.2) is 13.2 Å². The Morgan fingerprint density at radius 2 is 2.08 bits per heavy atom. The molecule has 0 aliphatic rings. The predicted octanol–water partition coefficient (Wildman–Crippen LogP) is 0.664. The Hall–Kier alpha value is -1.10. The molecular formula is C8H12O4S. The van der Waals surface area contributed by atoms with E-state index < -0.39 is 15.8 Å². The minimum atomic E-state index is -3.28. The molecule has 0 heterocycles. The zero-order chi connectivity index (χ0) is 10.5. The summed E-state index contributed by atoms with van der Waals surface area (Å²) in [5, 5.41) is 0.835. The number of rotatable bonds is 5. The summed E-state index contributed by atoms with van der Waals surface area (Å²) in [6.07, 6.45) is 0. The van der Waals surface area contributed by atoms with Crippen molar-refractivity contribution in [3.05, 3.63) is 24.1 Å². The van der Waals surface area contributed by atoms with Crippen molar-refractivity contribution in [1.29, 1.82) is 0 Å². The van der Waals surface area contributed by atoms with Gasteiger partial charge in [0.15, 0.2) is 9.84 Å². The minimum Gasteiger partial charge on any atom is -0.461 e. The molecule has 0 rings (SSSR count). The molecule has 0 bridgehead atoms. The number of ether oxygens (including phenoxy) is 1. The van der Waals surface area contributed by atoms with Crippen molar-refractivity contribution in [3.8, 4) is 0 Å². The van der Waals surface area contributed by atoms with Crippen LogP contribution in [-0.2, 0) is 19.4 Å². The highest BCUT2D eigenvalue weighted by molar-refractivity contribution is 7.94. The van der Waals surface area contributed by atoms with Crippen LogP contribution in [0.5, 0.6) is 0 Å². The number of hydrogen-bond acceptors (Lipinski definition) is 4. The Morgan fingerprint density at radius 1 is 1.54 bits per heavy atom. The lowest BCUT2D eigenvalue weighted by Gasteiger charge is -2.02. The fourth-order valence-electron chi connectivity index (χ4n) is 0.457. The lowest BCUT2D eigenvalue weighted by atomic mass is 10.4. The molecule has 0 aliphatic carbocycles. The fraction of sp³-hybridized carbons (Fsp3) is 0.375.